The Morgan fingerprint density at radius 1 is 1.14 bits per heavy atom. The van der Waals surface area contributed by atoms with Crippen LogP contribution >= 0.6 is 0 Å². The van der Waals surface area contributed by atoms with Gasteiger partial charge >= 0.3 is 0 Å². The molecule has 6 nitrogen and oxygen atoms in total. The second-order valence-corrected chi connectivity index (χ2v) is 4.58. The minimum atomic E-state index is -0.138. The normalized spacial score (nSPS) is 9.95. The number of carbonyl (C=O) groups is 2. The molecular formula is C15H16N4O2. The maximum absolute atomic E-state index is 11.9. The minimum absolute atomic E-state index is 0.0893. The highest BCUT2D eigenvalue weighted by Crippen LogP contribution is 2.11. The van der Waals surface area contributed by atoms with Crippen LogP contribution in [0.2, 0.25) is 0 Å². The highest BCUT2D eigenvalue weighted by atomic mass is 16.2. The van der Waals surface area contributed by atoms with Crippen LogP contribution in [0.3, 0.4) is 0 Å². The van der Waals surface area contributed by atoms with Crippen LogP contribution in [0.1, 0.15) is 18.1 Å². The van der Waals surface area contributed by atoms with E-state index < -0.39 is 0 Å². The average Bonchev–Trinajstić information content (AvgIpc) is 2.46. The summed E-state index contributed by atoms with van der Waals surface area (Å²) in [6.07, 6.45) is 4.86. The van der Waals surface area contributed by atoms with Crippen molar-refractivity contribution in [3.05, 3.63) is 54.1 Å². The highest BCUT2D eigenvalue weighted by Gasteiger charge is 2.05. The Morgan fingerprint density at radius 3 is 2.62 bits per heavy atom. The Hall–Kier alpha value is -2.76. The van der Waals surface area contributed by atoms with Crippen LogP contribution in [0.15, 0.2) is 43.0 Å². The topological polar surface area (TPSA) is 84.0 Å². The summed E-state index contributed by atoms with van der Waals surface area (Å²) >= 11 is 0. The average molecular weight is 284 g/mol. The quantitative estimate of drug-likeness (QED) is 0.866. The molecule has 0 aliphatic heterocycles. The minimum Gasteiger partial charge on any atom is -0.352 e. The van der Waals surface area contributed by atoms with Crippen molar-refractivity contribution < 1.29 is 9.59 Å². The van der Waals surface area contributed by atoms with E-state index in [1.165, 1.54) is 13.3 Å². The third-order valence-corrected chi connectivity index (χ3v) is 2.73. The van der Waals surface area contributed by atoms with E-state index in [1.807, 2.05) is 18.2 Å². The van der Waals surface area contributed by atoms with Crippen molar-refractivity contribution in [1.29, 1.82) is 0 Å². The van der Waals surface area contributed by atoms with Crippen LogP contribution in [0.4, 0.5) is 5.69 Å². The summed E-state index contributed by atoms with van der Waals surface area (Å²) in [5.74, 6) is -0.227. The second-order valence-electron chi connectivity index (χ2n) is 4.58. The van der Waals surface area contributed by atoms with E-state index in [-0.39, 0.29) is 18.2 Å². The van der Waals surface area contributed by atoms with Crippen molar-refractivity contribution in [2.75, 3.05) is 5.32 Å². The first-order chi connectivity index (χ1) is 10.1. The van der Waals surface area contributed by atoms with Crippen molar-refractivity contribution >= 4 is 17.5 Å². The summed E-state index contributed by atoms with van der Waals surface area (Å²) in [6, 6.07) is 7.35. The van der Waals surface area contributed by atoms with Crippen LogP contribution in [-0.2, 0) is 22.6 Å². The number of carbonyl (C=O) groups excluding carboxylic acids is 2. The Bertz CT molecular complexity index is 629. The summed E-state index contributed by atoms with van der Waals surface area (Å²) in [5.41, 5.74) is 2.37. The highest BCUT2D eigenvalue weighted by molar-refractivity contribution is 5.92. The summed E-state index contributed by atoms with van der Waals surface area (Å²) in [6.45, 7) is 1.90. The van der Waals surface area contributed by atoms with Gasteiger partial charge in [-0.2, -0.15) is 0 Å². The van der Waals surface area contributed by atoms with E-state index in [4.69, 9.17) is 0 Å². The van der Waals surface area contributed by atoms with E-state index in [0.717, 1.165) is 11.1 Å². The third kappa shape index (κ3) is 5.02. The van der Waals surface area contributed by atoms with Gasteiger partial charge in [-0.25, -0.2) is 9.97 Å². The van der Waals surface area contributed by atoms with Crippen molar-refractivity contribution in [2.45, 2.75) is 19.9 Å². The zero-order chi connectivity index (χ0) is 15.1. The van der Waals surface area contributed by atoms with Crippen molar-refractivity contribution in [1.82, 2.24) is 15.3 Å². The molecule has 21 heavy (non-hydrogen) atoms. The van der Waals surface area contributed by atoms with Gasteiger partial charge in [-0.3, -0.25) is 9.59 Å². The number of amides is 2. The first kappa shape index (κ1) is 14.6. The molecule has 0 saturated carbocycles. The molecular weight excluding hydrogens is 268 g/mol. The second kappa shape index (κ2) is 7.14. The molecule has 0 unspecified atom stereocenters. The van der Waals surface area contributed by atoms with Gasteiger partial charge in [0.05, 0.1) is 6.42 Å². The molecule has 0 saturated heterocycles. The van der Waals surface area contributed by atoms with Gasteiger partial charge in [0.15, 0.2) is 0 Å². The zero-order valence-corrected chi connectivity index (χ0v) is 11.7. The first-order valence-corrected chi connectivity index (χ1v) is 6.50. The van der Waals surface area contributed by atoms with Gasteiger partial charge in [0.2, 0.25) is 11.8 Å². The lowest BCUT2D eigenvalue weighted by Gasteiger charge is -2.08. The lowest BCUT2D eigenvalue weighted by molar-refractivity contribution is -0.119. The molecule has 2 amide bonds. The van der Waals surface area contributed by atoms with E-state index >= 15 is 0 Å². The molecule has 0 aliphatic carbocycles. The summed E-state index contributed by atoms with van der Waals surface area (Å²) in [5, 5.41) is 5.53. The predicted octanol–water partition coefficient (Wildman–Crippen LogP) is 1.29. The largest absolute Gasteiger partial charge is 0.352 e. The molecule has 2 rings (SSSR count). The molecule has 0 atom stereocenters. The molecule has 0 radical (unpaired) electrons. The number of aromatic nitrogens is 2. The molecule has 1 aromatic heterocycles. The first-order valence-electron chi connectivity index (χ1n) is 6.50. The number of anilines is 1. The molecule has 2 N–H and O–H groups in total. The Balaban J connectivity index is 1.94. The fourth-order valence-corrected chi connectivity index (χ4v) is 1.80. The van der Waals surface area contributed by atoms with Crippen molar-refractivity contribution in [2.24, 2.45) is 0 Å². The lowest BCUT2D eigenvalue weighted by atomic mass is 10.2. The van der Waals surface area contributed by atoms with Crippen LogP contribution < -0.4 is 10.6 Å². The standard InChI is InChI=1S/C15H16N4O2/c1-11(20)18-9-12-3-2-4-14(5-12)19-15(21)6-13-7-16-10-17-8-13/h2-5,7-8,10H,6,9H2,1H3,(H,18,20)(H,19,21). The number of nitrogens with zero attached hydrogens (tertiary/aromatic N) is 2. The fraction of sp³-hybridized carbons (Fsp3) is 0.200. The maximum Gasteiger partial charge on any atom is 0.228 e. The van der Waals surface area contributed by atoms with E-state index in [0.29, 0.717) is 12.2 Å². The molecule has 1 aromatic carbocycles. The van der Waals surface area contributed by atoms with E-state index in [9.17, 15) is 9.59 Å². The molecule has 6 heteroatoms. The number of benzene rings is 1. The maximum atomic E-state index is 11.9. The number of hydrogen-bond acceptors (Lipinski definition) is 4. The van der Waals surface area contributed by atoms with E-state index in [2.05, 4.69) is 20.6 Å². The van der Waals surface area contributed by atoms with E-state index in [1.54, 1.807) is 18.5 Å². The molecule has 108 valence electrons. The predicted molar refractivity (Wildman–Crippen MR) is 78.3 cm³/mol. The van der Waals surface area contributed by atoms with Gasteiger partial charge in [-0.1, -0.05) is 12.1 Å². The summed E-state index contributed by atoms with van der Waals surface area (Å²) in [7, 11) is 0. The van der Waals surface area contributed by atoms with Gasteiger partial charge in [-0.05, 0) is 23.3 Å². The van der Waals surface area contributed by atoms with Gasteiger partial charge in [0.1, 0.15) is 6.33 Å². The molecule has 0 spiro atoms. The lowest BCUT2D eigenvalue weighted by Crippen LogP contribution is -2.19. The molecule has 1 heterocycles. The third-order valence-electron chi connectivity index (χ3n) is 2.73. The zero-order valence-electron chi connectivity index (χ0n) is 11.7. The van der Waals surface area contributed by atoms with Gasteiger partial charge < -0.3 is 10.6 Å². The molecule has 2 aromatic rings. The number of nitrogens with one attached hydrogen (secondary N) is 2. The fourth-order valence-electron chi connectivity index (χ4n) is 1.80. The summed E-state index contributed by atoms with van der Waals surface area (Å²) in [4.78, 5) is 30.5. The van der Waals surface area contributed by atoms with Crippen LogP contribution in [0.25, 0.3) is 0 Å². The Kier molecular flexibility index (Phi) is 4.98. The molecule has 0 bridgehead atoms. The van der Waals surface area contributed by atoms with Gasteiger partial charge in [0.25, 0.3) is 0 Å². The molecule has 0 aliphatic rings. The van der Waals surface area contributed by atoms with Crippen LogP contribution in [-0.4, -0.2) is 21.8 Å². The van der Waals surface area contributed by atoms with Crippen molar-refractivity contribution in [3.8, 4) is 0 Å². The van der Waals surface area contributed by atoms with Gasteiger partial charge in [-0.15, -0.1) is 0 Å². The Morgan fingerprint density at radius 2 is 1.90 bits per heavy atom. The molecule has 0 fully saturated rings. The SMILES string of the molecule is CC(=O)NCc1cccc(NC(=O)Cc2cncnc2)c1. The van der Waals surface area contributed by atoms with Crippen LogP contribution in [0, 0.1) is 0 Å². The van der Waals surface area contributed by atoms with Gasteiger partial charge in [0, 0.05) is 31.5 Å². The van der Waals surface area contributed by atoms with Crippen molar-refractivity contribution in [3.63, 3.8) is 0 Å². The Labute approximate surface area is 122 Å². The monoisotopic (exact) mass is 284 g/mol. The smallest absolute Gasteiger partial charge is 0.228 e. The summed E-state index contributed by atoms with van der Waals surface area (Å²) < 4.78 is 0. The number of rotatable bonds is 5. The number of hydrogen-bond donors (Lipinski definition) is 2. The van der Waals surface area contributed by atoms with Crippen LogP contribution in [0.5, 0.6) is 0 Å².